The second-order valence-corrected chi connectivity index (χ2v) is 5.21. The molecule has 2 aliphatic rings. The van der Waals surface area contributed by atoms with Crippen LogP contribution in [0.2, 0.25) is 0 Å². The highest BCUT2D eigenvalue weighted by Gasteiger charge is 2.36. The van der Waals surface area contributed by atoms with Gasteiger partial charge in [0.15, 0.2) is 0 Å². The fraction of sp³-hybridized carbons (Fsp3) is 0.917. The Morgan fingerprint density at radius 2 is 1.60 bits per heavy atom. The SMILES string of the molecule is CC1CCC(N(CC(=O)O)C2CC2)CC1. The first kappa shape index (κ1) is 10.9. The Hall–Kier alpha value is -0.570. The summed E-state index contributed by atoms with van der Waals surface area (Å²) in [6.45, 7) is 2.55. The number of aliphatic carboxylic acids is 1. The second-order valence-electron chi connectivity index (χ2n) is 5.21. The standard InChI is InChI=1S/C12H21NO2/c1-9-2-4-10(5-3-9)13(8-12(14)15)11-6-7-11/h9-11H,2-8H2,1H3,(H,14,15). The number of rotatable bonds is 4. The molecule has 2 aliphatic carbocycles. The molecule has 3 nitrogen and oxygen atoms in total. The molecule has 0 aromatic heterocycles. The van der Waals surface area contributed by atoms with E-state index in [4.69, 9.17) is 5.11 Å². The quantitative estimate of drug-likeness (QED) is 0.774. The molecule has 2 saturated carbocycles. The normalized spacial score (nSPS) is 31.9. The first-order valence-electron chi connectivity index (χ1n) is 6.14. The van der Waals surface area contributed by atoms with E-state index in [-0.39, 0.29) is 6.54 Å². The predicted molar refractivity (Wildman–Crippen MR) is 58.8 cm³/mol. The number of nitrogens with zero attached hydrogens (tertiary/aromatic N) is 1. The van der Waals surface area contributed by atoms with Crippen LogP contribution in [0.5, 0.6) is 0 Å². The van der Waals surface area contributed by atoms with Crippen LogP contribution in [0.25, 0.3) is 0 Å². The highest BCUT2D eigenvalue weighted by Crippen LogP contribution is 2.34. The first-order chi connectivity index (χ1) is 7.16. The van der Waals surface area contributed by atoms with E-state index in [0.29, 0.717) is 12.1 Å². The molecule has 0 aromatic carbocycles. The van der Waals surface area contributed by atoms with Gasteiger partial charge in [0, 0.05) is 12.1 Å². The third-order valence-electron chi connectivity index (χ3n) is 3.79. The summed E-state index contributed by atoms with van der Waals surface area (Å²) >= 11 is 0. The summed E-state index contributed by atoms with van der Waals surface area (Å²) in [4.78, 5) is 13.1. The molecule has 0 aromatic rings. The van der Waals surface area contributed by atoms with Gasteiger partial charge in [-0.25, -0.2) is 0 Å². The Morgan fingerprint density at radius 1 is 1.13 bits per heavy atom. The van der Waals surface area contributed by atoms with Crippen LogP contribution in [0.1, 0.15) is 45.4 Å². The van der Waals surface area contributed by atoms with E-state index < -0.39 is 5.97 Å². The fourth-order valence-corrected chi connectivity index (χ4v) is 2.69. The van der Waals surface area contributed by atoms with Crippen molar-refractivity contribution >= 4 is 5.97 Å². The minimum absolute atomic E-state index is 0.254. The van der Waals surface area contributed by atoms with Crippen LogP contribution in [0.15, 0.2) is 0 Å². The molecular formula is C12H21NO2. The lowest BCUT2D eigenvalue weighted by atomic mass is 9.86. The van der Waals surface area contributed by atoms with Gasteiger partial charge in [-0.2, -0.15) is 0 Å². The van der Waals surface area contributed by atoms with Gasteiger partial charge in [-0.3, -0.25) is 9.69 Å². The lowest BCUT2D eigenvalue weighted by Gasteiger charge is -2.35. The molecular weight excluding hydrogens is 190 g/mol. The Balaban J connectivity index is 1.89. The van der Waals surface area contributed by atoms with Gasteiger partial charge < -0.3 is 5.11 Å². The second kappa shape index (κ2) is 4.52. The van der Waals surface area contributed by atoms with Crippen LogP contribution in [0, 0.1) is 5.92 Å². The molecule has 0 amide bonds. The zero-order valence-electron chi connectivity index (χ0n) is 9.48. The maximum atomic E-state index is 10.8. The molecule has 0 aliphatic heterocycles. The summed E-state index contributed by atoms with van der Waals surface area (Å²) in [6.07, 6.45) is 7.36. The largest absolute Gasteiger partial charge is 0.480 e. The van der Waals surface area contributed by atoms with Crippen molar-refractivity contribution in [1.29, 1.82) is 0 Å². The number of carbonyl (C=O) groups is 1. The Morgan fingerprint density at radius 3 is 2.00 bits per heavy atom. The maximum Gasteiger partial charge on any atom is 0.317 e. The number of carboxylic acids is 1. The molecule has 2 fully saturated rings. The average Bonchev–Trinajstić information content (AvgIpc) is 2.99. The van der Waals surface area contributed by atoms with Crippen LogP contribution in [-0.2, 0) is 4.79 Å². The predicted octanol–water partition coefficient (Wildman–Crippen LogP) is 2.11. The van der Waals surface area contributed by atoms with Crippen LogP contribution in [0.3, 0.4) is 0 Å². The van der Waals surface area contributed by atoms with Crippen LogP contribution in [0.4, 0.5) is 0 Å². The Kier molecular flexibility index (Phi) is 3.29. The fourth-order valence-electron chi connectivity index (χ4n) is 2.69. The van der Waals surface area contributed by atoms with Gasteiger partial charge in [-0.1, -0.05) is 6.92 Å². The van der Waals surface area contributed by atoms with Crippen LogP contribution < -0.4 is 0 Å². The molecule has 2 rings (SSSR count). The van der Waals surface area contributed by atoms with Gasteiger partial charge in [0.05, 0.1) is 6.54 Å². The molecule has 0 spiro atoms. The van der Waals surface area contributed by atoms with Crippen LogP contribution in [-0.4, -0.2) is 34.6 Å². The molecule has 1 N–H and O–H groups in total. The summed E-state index contributed by atoms with van der Waals surface area (Å²) in [5.74, 6) is 0.174. The van der Waals surface area contributed by atoms with Crippen molar-refractivity contribution in [2.45, 2.75) is 57.5 Å². The average molecular weight is 211 g/mol. The van der Waals surface area contributed by atoms with Crippen molar-refractivity contribution < 1.29 is 9.90 Å². The number of carboxylic acid groups (broad SMARTS) is 1. The van der Waals surface area contributed by atoms with Crippen molar-refractivity contribution in [3.8, 4) is 0 Å². The van der Waals surface area contributed by atoms with Gasteiger partial charge in [0.1, 0.15) is 0 Å². The third kappa shape index (κ3) is 2.94. The molecule has 3 heteroatoms. The lowest BCUT2D eigenvalue weighted by molar-refractivity contribution is -0.139. The minimum atomic E-state index is -0.666. The zero-order valence-corrected chi connectivity index (χ0v) is 9.48. The maximum absolute atomic E-state index is 10.8. The van der Waals surface area contributed by atoms with E-state index >= 15 is 0 Å². The molecule has 0 heterocycles. The monoisotopic (exact) mass is 211 g/mol. The molecule has 0 unspecified atom stereocenters. The smallest absolute Gasteiger partial charge is 0.317 e. The van der Waals surface area contributed by atoms with Gasteiger partial charge in [-0.15, -0.1) is 0 Å². The van der Waals surface area contributed by atoms with E-state index in [0.717, 1.165) is 5.92 Å². The Labute approximate surface area is 91.5 Å². The summed E-state index contributed by atoms with van der Waals surface area (Å²) in [5.41, 5.74) is 0. The molecule has 86 valence electrons. The molecule has 0 saturated heterocycles. The number of hydrogen-bond acceptors (Lipinski definition) is 2. The van der Waals surface area contributed by atoms with Crippen LogP contribution >= 0.6 is 0 Å². The highest BCUT2D eigenvalue weighted by atomic mass is 16.4. The van der Waals surface area contributed by atoms with Gasteiger partial charge in [-0.05, 0) is 44.4 Å². The van der Waals surface area contributed by atoms with Crippen molar-refractivity contribution in [3.63, 3.8) is 0 Å². The molecule has 0 radical (unpaired) electrons. The van der Waals surface area contributed by atoms with E-state index in [1.54, 1.807) is 0 Å². The summed E-state index contributed by atoms with van der Waals surface area (Å²) in [5, 5.41) is 8.90. The van der Waals surface area contributed by atoms with Crippen molar-refractivity contribution in [2.75, 3.05) is 6.54 Å². The van der Waals surface area contributed by atoms with Gasteiger partial charge in [0.25, 0.3) is 0 Å². The highest BCUT2D eigenvalue weighted by molar-refractivity contribution is 5.69. The minimum Gasteiger partial charge on any atom is -0.480 e. The van der Waals surface area contributed by atoms with E-state index in [1.165, 1.54) is 38.5 Å². The van der Waals surface area contributed by atoms with E-state index in [1.807, 2.05) is 0 Å². The Bertz CT molecular complexity index is 230. The van der Waals surface area contributed by atoms with Gasteiger partial charge >= 0.3 is 5.97 Å². The molecule has 0 bridgehead atoms. The first-order valence-corrected chi connectivity index (χ1v) is 6.14. The summed E-state index contributed by atoms with van der Waals surface area (Å²) in [6, 6.07) is 1.13. The third-order valence-corrected chi connectivity index (χ3v) is 3.79. The van der Waals surface area contributed by atoms with Gasteiger partial charge in [0.2, 0.25) is 0 Å². The topological polar surface area (TPSA) is 40.5 Å². The number of hydrogen-bond donors (Lipinski definition) is 1. The van der Waals surface area contributed by atoms with E-state index in [2.05, 4.69) is 11.8 Å². The van der Waals surface area contributed by atoms with Crippen molar-refractivity contribution in [3.05, 3.63) is 0 Å². The van der Waals surface area contributed by atoms with E-state index in [9.17, 15) is 4.79 Å². The lowest BCUT2D eigenvalue weighted by Crippen LogP contribution is -2.42. The summed E-state index contributed by atoms with van der Waals surface area (Å²) in [7, 11) is 0. The molecule has 0 atom stereocenters. The van der Waals surface area contributed by atoms with Crippen molar-refractivity contribution in [1.82, 2.24) is 4.90 Å². The summed E-state index contributed by atoms with van der Waals surface area (Å²) < 4.78 is 0. The molecule has 15 heavy (non-hydrogen) atoms. The van der Waals surface area contributed by atoms with Crippen molar-refractivity contribution in [2.24, 2.45) is 5.92 Å². The zero-order chi connectivity index (χ0) is 10.8.